The molecule has 0 saturated heterocycles. The summed E-state index contributed by atoms with van der Waals surface area (Å²) in [4.78, 5) is 27.9. The van der Waals surface area contributed by atoms with Crippen molar-refractivity contribution in [2.75, 3.05) is 19.8 Å². The van der Waals surface area contributed by atoms with E-state index in [0.29, 0.717) is 17.3 Å². The summed E-state index contributed by atoms with van der Waals surface area (Å²) in [6, 6.07) is 9.77. The van der Waals surface area contributed by atoms with Crippen LogP contribution in [0.5, 0.6) is 0 Å². The molecule has 3 rings (SSSR count). The van der Waals surface area contributed by atoms with Gasteiger partial charge in [-0.3, -0.25) is 9.59 Å². The first-order valence-electron chi connectivity index (χ1n) is 7.86. The van der Waals surface area contributed by atoms with Crippen LogP contribution in [0.25, 0.3) is 0 Å². The van der Waals surface area contributed by atoms with Crippen molar-refractivity contribution in [1.29, 1.82) is 0 Å². The number of Topliss-reactive ketones (excluding diaryl/α,β-unsaturated/α-hetero) is 2. The van der Waals surface area contributed by atoms with E-state index in [2.05, 4.69) is 0 Å². The Kier molecular flexibility index (Phi) is 5.32. The summed E-state index contributed by atoms with van der Waals surface area (Å²) in [5.74, 6) is -2.47. The van der Waals surface area contributed by atoms with Crippen LogP contribution < -0.4 is 0 Å². The van der Waals surface area contributed by atoms with E-state index in [0.717, 1.165) is 12.1 Å². The third-order valence-corrected chi connectivity index (χ3v) is 4.17. The molecule has 0 spiro atoms. The van der Waals surface area contributed by atoms with Gasteiger partial charge >= 0.3 is 0 Å². The molecule has 0 unspecified atom stereocenters. The van der Waals surface area contributed by atoms with Gasteiger partial charge in [-0.05, 0) is 30.3 Å². The average molecular weight is 377 g/mol. The molecule has 1 heterocycles. The quantitative estimate of drug-likeness (QED) is 0.720. The molecule has 0 N–H and O–H groups in total. The number of hydrogen-bond acceptors (Lipinski definition) is 4. The topological polar surface area (TPSA) is 40.6 Å². The van der Waals surface area contributed by atoms with Gasteiger partial charge in [-0.2, -0.15) is 0 Å². The minimum Gasteiger partial charge on any atom is -0.351 e. The normalized spacial score (nSPS) is 13.3. The lowest BCUT2D eigenvalue weighted by atomic mass is 10.1. The number of hydrogen-bond donors (Lipinski definition) is 0. The zero-order valence-electron chi connectivity index (χ0n) is 13.7. The van der Waals surface area contributed by atoms with E-state index >= 15 is 0 Å². The number of ketones is 2. The number of carbonyl (C=O) groups is 2. The Hall–Kier alpha value is -2.73. The Morgan fingerprint density at radius 3 is 2.08 bits per heavy atom. The Bertz CT molecular complexity index is 886. The summed E-state index contributed by atoms with van der Waals surface area (Å²) in [7, 11) is 0. The summed E-state index contributed by atoms with van der Waals surface area (Å²) in [5, 5.41) is 0.492. The summed E-state index contributed by atoms with van der Waals surface area (Å²) < 4.78 is 26.2. The van der Waals surface area contributed by atoms with Crippen molar-refractivity contribution < 1.29 is 18.4 Å². The molecule has 0 aromatic heterocycles. The third kappa shape index (κ3) is 4.26. The highest BCUT2D eigenvalue weighted by atomic mass is 35.5. The van der Waals surface area contributed by atoms with Gasteiger partial charge in [0.25, 0.3) is 0 Å². The largest absolute Gasteiger partial charge is 0.351 e. The molecule has 134 valence electrons. The van der Waals surface area contributed by atoms with Crippen LogP contribution in [0.15, 0.2) is 54.9 Å². The van der Waals surface area contributed by atoms with E-state index in [4.69, 9.17) is 11.6 Å². The molecule has 1 aliphatic rings. The standard InChI is InChI=1S/C19H15ClF2N2O2/c20-15-3-1-2-13(8-15)18(25)10-23-6-7-24(12-23)11-19(26)14-4-5-16(21)17(22)9-14/h1-9H,10-12H2. The first-order chi connectivity index (χ1) is 12.4. The van der Waals surface area contributed by atoms with Crippen molar-refractivity contribution in [3.05, 3.63) is 82.6 Å². The van der Waals surface area contributed by atoms with Crippen molar-refractivity contribution in [2.45, 2.75) is 0 Å². The predicted octanol–water partition coefficient (Wildman–Crippen LogP) is 3.73. The first-order valence-corrected chi connectivity index (χ1v) is 8.23. The Balaban J connectivity index is 1.55. The highest BCUT2D eigenvalue weighted by Crippen LogP contribution is 2.15. The van der Waals surface area contributed by atoms with Gasteiger partial charge in [-0.15, -0.1) is 0 Å². The fourth-order valence-electron chi connectivity index (χ4n) is 2.60. The Morgan fingerprint density at radius 1 is 0.885 bits per heavy atom. The molecule has 0 atom stereocenters. The molecule has 4 nitrogen and oxygen atoms in total. The van der Waals surface area contributed by atoms with Gasteiger partial charge in [-0.1, -0.05) is 23.7 Å². The lowest BCUT2D eigenvalue weighted by Crippen LogP contribution is -2.32. The van der Waals surface area contributed by atoms with E-state index in [-0.39, 0.29) is 30.2 Å². The Morgan fingerprint density at radius 2 is 1.50 bits per heavy atom. The van der Waals surface area contributed by atoms with Crippen molar-refractivity contribution in [3.63, 3.8) is 0 Å². The molecule has 2 aromatic carbocycles. The number of rotatable bonds is 6. The lowest BCUT2D eigenvalue weighted by Gasteiger charge is -2.20. The van der Waals surface area contributed by atoms with Gasteiger partial charge in [0, 0.05) is 28.5 Å². The van der Waals surface area contributed by atoms with Crippen molar-refractivity contribution >= 4 is 23.2 Å². The van der Waals surface area contributed by atoms with Gasteiger partial charge in [0.1, 0.15) is 0 Å². The maximum Gasteiger partial charge on any atom is 0.182 e. The molecule has 0 saturated carbocycles. The molecule has 0 fully saturated rings. The molecular formula is C19H15ClF2N2O2. The van der Waals surface area contributed by atoms with Crippen LogP contribution in [0.4, 0.5) is 8.78 Å². The molecule has 1 aliphatic heterocycles. The Labute approximate surface area is 154 Å². The summed E-state index contributed by atoms with van der Waals surface area (Å²) in [6.07, 6.45) is 3.39. The summed E-state index contributed by atoms with van der Waals surface area (Å²) in [5.41, 5.74) is 0.618. The maximum absolute atomic E-state index is 13.2. The number of carbonyl (C=O) groups excluding carboxylic acids is 2. The molecule has 7 heteroatoms. The van der Waals surface area contributed by atoms with Crippen LogP contribution in [-0.2, 0) is 0 Å². The van der Waals surface area contributed by atoms with E-state index in [9.17, 15) is 18.4 Å². The van der Waals surface area contributed by atoms with E-state index in [1.165, 1.54) is 6.07 Å². The van der Waals surface area contributed by atoms with Gasteiger partial charge in [0.15, 0.2) is 23.2 Å². The predicted molar refractivity (Wildman–Crippen MR) is 93.9 cm³/mol. The highest BCUT2D eigenvalue weighted by Gasteiger charge is 2.19. The SMILES string of the molecule is O=C(CN1C=CN(CC(=O)c2ccc(F)c(F)c2)C1)c1cccc(Cl)c1. The second-order valence-electron chi connectivity index (χ2n) is 5.92. The molecule has 2 aromatic rings. The van der Waals surface area contributed by atoms with Crippen LogP contribution in [0, 0.1) is 11.6 Å². The zero-order valence-corrected chi connectivity index (χ0v) is 14.4. The second-order valence-corrected chi connectivity index (χ2v) is 6.36. The van der Waals surface area contributed by atoms with Crippen molar-refractivity contribution in [1.82, 2.24) is 9.80 Å². The maximum atomic E-state index is 13.2. The number of benzene rings is 2. The minimum absolute atomic E-state index is 0.00340. The fraction of sp³-hybridized carbons (Fsp3) is 0.158. The molecule has 26 heavy (non-hydrogen) atoms. The first kappa shape index (κ1) is 18.1. The number of halogens is 3. The van der Waals surface area contributed by atoms with Crippen LogP contribution in [0.2, 0.25) is 5.02 Å². The van der Waals surface area contributed by atoms with Crippen molar-refractivity contribution in [2.24, 2.45) is 0 Å². The van der Waals surface area contributed by atoms with Gasteiger partial charge in [0.05, 0.1) is 19.8 Å². The third-order valence-electron chi connectivity index (χ3n) is 3.93. The highest BCUT2D eigenvalue weighted by molar-refractivity contribution is 6.31. The van der Waals surface area contributed by atoms with E-state index in [1.54, 1.807) is 46.5 Å². The minimum atomic E-state index is -1.05. The lowest BCUT2D eigenvalue weighted by molar-refractivity contribution is 0.0920. The van der Waals surface area contributed by atoms with Crippen LogP contribution in [0.1, 0.15) is 20.7 Å². The summed E-state index contributed by atoms with van der Waals surface area (Å²) >= 11 is 5.89. The molecule has 0 radical (unpaired) electrons. The smallest absolute Gasteiger partial charge is 0.182 e. The van der Waals surface area contributed by atoms with Gasteiger partial charge in [0.2, 0.25) is 0 Å². The van der Waals surface area contributed by atoms with E-state index < -0.39 is 11.6 Å². The monoisotopic (exact) mass is 376 g/mol. The number of nitrogens with zero attached hydrogens (tertiary/aromatic N) is 2. The zero-order chi connectivity index (χ0) is 18.7. The second kappa shape index (κ2) is 7.66. The average Bonchev–Trinajstić information content (AvgIpc) is 3.04. The molecule has 0 bridgehead atoms. The molecule has 0 amide bonds. The molecule has 0 aliphatic carbocycles. The molecular weight excluding hydrogens is 362 g/mol. The summed E-state index contributed by atoms with van der Waals surface area (Å²) in [6.45, 7) is 0.498. The van der Waals surface area contributed by atoms with Crippen molar-refractivity contribution in [3.8, 4) is 0 Å². The van der Waals surface area contributed by atoms with Crippen LogP contribution in [-0.4, -0.2) is 41.1 Å². The van der Waals surface area contributed by atoms with Gasteiger partial charge in [-0.25, -0.2) is 8.78 Å². The fourth-order valence-corrected chi connectivity index (χ4v) is 2.79. The van der Waals surface area contributed by atoms with E-state index in [1.807, 2.05) is 0 Å². The van der Waals surface area contributed by atoms with Crippen LogP contribution in [0.3, 0.4) is 0 Å². The van der Waals surface area contributed by atoms with Gasteiger partial charge < -0.3 is 9.80 Å². The van der Waals surface area contributed by atoms with Crippen LogP contribution >= 0.6 is 11.6 Å².